The van der Waals surface area contributed by atoms with Crippen molar-refractivity contribution in [2.75, 3.05) is 12.3 Å². The predicted octanol–water partition coefficient (Wildman–Crippen LogP) is 3.33. The van der Waals surface area contributed by atoms with Crippen molar-refractivity contribution in [1.29, 1.82) is 0 Å². The van der Waals surface area contributed by atoms with Crippen LogP contribution in [0.25, 0.3) is 0 Å². The van der Waals surface area contributed by atoms with Crippen LogP contribution in [-0.2, 0) is 14.4 Å². The van der Waals surface area contributed by atoms with Crippen LogP contribution < -0.4 is 10.9 Å². The first-order chi connectivity index (χ1) is 14.0. The maximum absolute atomic E-state index is 12.9. The van der Waals surface area contributed by atoms with E-state index < -0.39 is 11.9 Å². The first-order valence-electron chi connectivity index (χ1n) is 9.36. The minimum Gasteiger partial charge on any atom is -0.326 e. The van der Waals surface area contributed by atoms with Gasteiger partial charge in [-0.1, -0.05) is 41.9 Å². The van der Waals surface area contributed by atoms with Gasteiger partial charge in [0, 0.05) is 22.9 Å². The van der Waals surface area contributed by atoms with Gasteiger partial charge < -0.3 is 4.90 Å². The van der Waals surface area contributed by atoms with Crippen molar-refractivity contribution in [3.8, 4) is 0 Å². The Morgan fingerprint density at radius 1 is 1.03 bits per heavy atom. The number of nitrogens with zero attached hydrogens (tertiary/aromatic N) is 1. The van der Waals surface area contributed by atoms with Crippen LogP contribution in [0.4, 0.5) is 0 Å². The number of hydrogen-bond acceptors (Lipinski definition) is 4. The maximum atomic E-state index is 12.9. The van der Waals surface area contributed by atoms with E-state index >= 15 is 0 Å². The van der Waals surface area contributed by atoms with Gasteiger partial charge in [-0.3, -0.25) is 25.2 Å². The highest BCUT2D eigenvalue weighted by molar-refractivity contribution is 8.00. The van der Waals surface area contributed by atoms with E-state index in [9.17, 15) is 14.4 Å². The molecule has 1 aliphatic heterocycles. The minimum absolute atomic E-state index is 0.0510. The van der Waals surface area contributed by atoms with Gasteiger partial charge in [-0.2, -0.15) is 0 Å². The van der Waals surface area contributed by atoms with Crippen molar-refractivity contribution < 1.29 is 14.4 Å². The molecule has 0 radical (unpaired) electrons. The molecule has 1 aliphatic rings. The van der Waals surface area contributed by atoms with E-state index in [1.165, 1.54) is 11.8 Å². The molecule has 1 heterocycles. The number of thioether (sulfide) groups is 1. The van der Waals surface area contributed by atoms with Crippen LogP contribution in [0.3, 0.4) is 0 Å². The number of hydrogen-bond donors (Lipinski definition) is 2. The Morgan fingerprint density at radius 2 is 1.76 bits per heavy atom. The van der Waals surface area contributed by atoms with Crippen molar-refractivity contribution in [1.82, 2.24) is 15.8 Å². The molecule has 2 N–H and O–H groups in total. The Hall–Kier alpha value is -2.51. The number of rotatable bonds is 6. The van der Waals surface area contributed by atoms with E-state index in [0.717, 1.165) is 17.7 Å². The third-order valence-electron chi connectivity index (χ3n) is 4.54. The number of piperidine rings is 1. The van der Waals surface area contributed by atoms with Gasteiger partial charge in [-0.05, 0) is 42.7 Å². The Balaban J connectivity index is 1.60. The summed E-state index contributed by atoms with van der Waals surface area (Å²) in [4.78, 5) is 39.9. The lowest BCUT2D eigenvalue weighted by Gasteiger charge is -2.34. The Bertz CT molecular complexity index is 861. The number of halogens is 1. The minimum atomic E-state index is -0.770. The average Bonchev–Trinajstić information content (AvgIpc) is 2.74. The van der Waals surface area contributed by atoms with Crippen molar-refractivity contribution >= 4 is 41.1 Å². The average molecular weight is 432 g/mol. The first-order valence-corrected chi connectivity index (χ1v) is 10.7. The number of amides is 3. The number of carbonyl (C=O) groups is 3. The quantitative estimate of drug-likeness (QED) is 0.543. The van der Waals surface area contributed by atoms with E-state index in [0.29, 0.717) is 23.6 Å². The van der Waals surface area contributed by atoms with Crippen molar-refractivity contribution in [2.24, 2.45) is 0 Å². The predicted molar refractivity (Wildman–Crippen MR) is 113 cm³/mol. The van der Waals surface area contributed by atoms with Crippen LogP contribution in [0, 0.1) is 0 Å². The highest BCUT2D eigenvalue weighted by Crippen LogP contribution is 2.25. The van der Waals surface area contributed by atoms with Gasteiger partial charge in [0.05, 0.1) is 5.75 Å². The summed E-state index contributed by atoms with van der Waals surface area (Å²) < 4.78 is 0. The fourth-order valence-electron chi connectivity index (χ4n) is 3.12. The van der Waals surface area contributed by atoms with Gasteiger partial charge >= 0.3 is 0 Å². The molecule has 1 fully saturated rings. The summed E-state index contributed by atoms with van der Waals surface area (Å²) >= 11 is 7.19. The zero-order valence-electron chi connectivity index (χ0n) is 15.8. The molecule has 0 aromatic heterocycles. The van der Waals surface area contributed by atoms with Crippen molar-refractivity contribution in [3.05, 3.63) is 65.2 Å². The normalized spacial score (nSPS) is 14.9. The van der Waals surface area contributed by atoms with E-state index in [4.69, 9.17) is 11.6 Å². The number of nitrogens with one attached hydrogen (secondary N) is 2. The van der Waals surface area contributed by atoms with Crippen LogP contribution >= 0.6 is 23.4 Å². The highest BCUT2D eigenvalue weighted by atomic mass is 35.5. The molecular weight excluding hydrogens is 410 g/mol. The molecule has 0 aliphatic carbocycles. The molecule has 152 valence electrons. The fourth-order valence-corrected chi connectivity index (χ4v) is 3.95. The van der Waals surface area contributed by atoms with Gasteiger partial charge in [0.15, 0.2) is 0 Å². The molecule has 8 heteroatoms. The first kappa shape index (κ1) is 21.2. The summed E-state index contributed by atoms with van der Waals surface area (Å²) in [6, 6.07) is 15.5. The van der Waals surface area contributed by atoms with Gasteiger partial charge in [-0.25, -0.2) is 0 Å². The van der Waals surface area contributed by atoms with Crippen molar-refractivity contribution in [3.63, 3.8) is 0 Å². The number of benzene rings is 2. The summed E-state index contributed by atoms with van der Waals surface area (Å²) in [5.41, 5.74) is 5.64. The van der Waals surface area contributed by atoms with Crippen LogP contribution in [0.5, 0.6) is 0 Å². The molecule has 2 aromatic rings. The van der Waals surface area contributed by atoms with E-state index in [2.05, 4.69) is 10.9 Å². The molecule has 1 atom stereocenters. The monoisotopic (exact) mass is 431 g/mol. The zero-order valence-corrected chi connectivity index (χ0v) is 17.3. The lowest BCUT2D eigenvalue weighted by atomic mass is 10.0. The molecule has 2 aromatic carbocycles. The number of likely N-dealkylation sites (tertiary alicyclic amines) is 1. The van der Waals surface area contributed by atoms with Gasteiger partial charge in [0.1, 0.15) is 6.04 Å². The second kappa shape index (κ2) is 10.3. The third kappa shape index (κ3) is 5.98. The molecule has 0 spiro atoms. The SMILES string of the molecule is O=C(CSc1ccc(Cl)cc1)NNC(=O)C(c1ccccc1)N1CCCCC1=O. The summed E-state index contributed by atoms with van der Waals surface area (Å²) in [6.07, 6.45) is 2.12. The van der Waals surface area contributed by atoms with Crippen molar-refractivity contribution in [2.45, 2.75) is 30.2 Å². The largest absolute Gasteiger partial charge is 0.326 e. The fraction of sp³-hybridized carbons (Fsp3) is 0.286. The maximum Gasteiger partial charge on any atom is 0.265 e. The van der Waals surface area contributed by atoms with Crippen LogP contribution in [-0.4, -0.2) is 34.9 Å². The molecular formula is C21H22ClN3O3S. The molecule has 6 nitrogen and oxygen atoms in total. The van der Waals surface area contributed by atoms with E-state index in [1.807, 2.05) is 42.5 Å². The molecule has 0 saturated carbocycles. The van der Waals surface area contributed by atoms with E-state index in [-0.39, 0.29) is 17.6 Å². The summed E-state index contributed by atoms with van der Waals surface area (Å²) in [7, 11) is 0. The number of hydrazine groups is 1. The summed E-state index contributed by atoms with van der Waals surface area (Å²) in [5.74, 6) is -0.683. The van der Waals surface area contributed by atoms with Crippen LogP contribution in [0.2, 0.25) is 5.02 Å². The Morgan fingerprint density at radius 3 is 2.45 bits per heavy atom. The molecule has 0 bridgehead atoms. The third-order valence-corrected chi connectivity index (χ3v) is 5.81. The van der Waals surface area contributed by atoms with Gasteiger partial charge in [0.25, 0.3) is 5.91 Å². The second-order valence-electron chi connectivity index (χ2n) is 6.64. The molecule has 3 rings (SSSR count). The molecule has 29 heavy (non-hydrogen) atoms. The summed E-state index contributed by atoms with van der Waals surface area (Å²) in [5, 5.41) is 0.630. The zero-order chi connectivity index (χ0) is 20.6. The topological polar surface area (TPSA) is 78.5 Å². The standard InChI is InChI=1S/C21H22ClN3O3S/c22-16-9-11-17(12-10-16)29-14-18(26)23-24-21(28)20(15-6-2-1-3-7-15)25-13-5-4-8-19(25)27/h1-3,6-7,9-12,20H,4-5,8,13-14H2,(H,23,26)(H,24,28). The highest BCUT2D eigenvalue weighted by Gasteiger charge is 2.32. The van der Waals surface area contributed by atoms with Gasteiger partial charge in [0.2, 0.25) is 11.8 Å². The lowest BCUT2D eigenvalue weighted by Crippen LogP contribution is -2.50. The summed E-state index contributed by atoms with van der Waals surface area (Å²) in [6.45, 7) is 0.520. The van der Waals surface area contributed by atoms with Crippen LogP contribution in [0.15, 0.2) is 59.5 Å². The van der Waals surface area contributed by atoms with Crippen LogP contribution in [0.1, 0.15) is 30.9 Å². The lowest BCUT2D eigenvalue weighted by molar-refractivity contribution is -0.143. The number of carbonyl (C=O) groups excluding carboxylic acids is 3. The second-order valence-corrected chi connectivity index (χ2v) is 8.12. The van der Waals surface area contributed by atoms with E-state index in [1.54, 1.807) is 17.0 Å². The Labute approximate surface area is 179 Å². The Kier molecular flexibility index (Phi) is 7.55. The smallest absolute Gasteiger partial charge is 0.265 e. The molecule has 1 unspecified atom stereocenters. The molecule has 3 amide bonds. The van der Waals surface area contributed by atoms with Gasteiger partial charge in [-0.15, -0.1) is 11.8 Å². The molecule has 1 saturated heterocycles.